The Labute approximate surface area is 92.4 Å². The first-order valence-corrected chi connectivity index (χ1v) is 5.38. The Morgan fingerprint density at radius 1 is 1.43 bits per heavy atom. The van der Waals surface area contributed by atoms with E-state index in [4.69, 9.17) is 28.9 Å². The average Bonchev–Trinajstić information content (AvgIpc) is 2.54. The lowest BCUT2D eigenvalue weighted by molar-refractivity contribution is 0.734. The minimum absolute atomic E-state index is 0.0943. The molecule has 74 valence electrons. The molecule has 1 aliphatic heterocycles. The van der Waals surface area contributed by atoms with E-state index in [-0.39, 0.29) is 11.5 Å². The molecule has 1 aromatic carbocycles. The van der Waals surface area contributed by atoms with Gasteiger partial charge < -0.3 is 11.1 Å². The van der Waals surface area contributed by atoms with Crippen LogP contribution in [0.2, 0.25) is 10.0 Å². The van der Waals surface area contributed by atoms with Crippen molar-refractivity contribution >= 4 is 28.9 Å². The van der Waals surface area contributed by atoms with Gasteiger partial charge in [-0.15, -0.1) is 0 Å². The van der Waals surface area contributed by atoms with E-state index in [0.29, 0.717) is 5.02 Å². The normalized spacial score (nSPS) is 32.9. The van der Waals surface area contributed by atoms with Crippen molar-refractivity contribution in [3.8, 4) is 0 Å². The van der Waals surface area contributed by atoms with Crippen molar-refractivity contribution in [1.29, 1.82) is 0 Å². The average molecular weight is 229 g/mol. The third kappa shape index (κ3) is 0.964. The predicted octanol–water partition coefficient (Wildman–Crippen LogP) is 2.39. The number of benzene rings is 1. The zero-order valence-electron chi connectivity index (χ0n) is 7.48. The van der Waals surface area contributed by atoms with E-state index in [1.807, 2.05) is 6.07 Å². The van der Waals surface area contributed by atoms with Gasteiger partial charge in [-0.1, -0.05) is 23.2 Å². The molecule has 1 aliphatic carbocycles. The summed E-state index contributed by atoms with van der Waals surface area (Å²) < 4.78 is 0. The number of halogens is 2. The second-order valence-electron chi connectivity index (χ2n) is 4.13. The van der Waals surface area contributed by atoms with Crippen LogP contribution in [-0.4, -0.2) is 12.6 Å². The van der Waals surface area contributed by atoms with Crippen LogP contribution < -0.4 is 11.1 Å². The fourth-order valence-corrected chi connectivity index (χ4v) is 3.07. The summed E-state index contributed by atoms with van der Waals surface area (Å²) in [6, 6.07) is 3.96. The first-order valence-electron chi connectivity index (χ1n) is 4.62. The molecule has 4 heteroatoms. The van der Waals surface area contributed by atoms with E-state index >= 15 is 0 Å². The monoisotopic (exact) mass is 228 g/mol. The van der Waals surface area contributed by atoms with E-state index in [2.05, 4.69) is 5.32 Å². The van der Waals surface area contributed by atoms with Gasteiger partial charge >= 0.3 is 0 Å². The lowest BCUT2D eigenvalue weighted by atomic mass is 9.97. The number of nitrogens with one attached hydrogen (secondary N) is 1. The minimum atomic E-state index is 0.0943. The molecule has 1 spiro atoms. The van der Waals surface area contributed by atoms with Crippen molar-refractivity contribution in [2.45, 2.75) is 17.9 Å². The fourth-order valence-electron chi connectivity index (χ4n) is 2.38. The maximum absolute atomic E-state index is 6.18. The summed E-state index contributed by atoms with van der Waals surface area (Å²) in [5.74, 6) is 0. The van der Waals surface area contributed by atoms with Crippen LogP contribution in [0.25, 0.3) is 0 Å². The highest BCUT2D eigenvalue weighted by Crippen LogP contribution is 2.56. The quantitative estimate of drug-likeness (QED) is 0.716. The number of hydrogen-bond acceptors (Lipinski definition) is 2. The van der Waals surface area contributed by atoms with Crippen molar-refractivity contribution in [3.05, 3.63) is 27.7 Å². The molecule has 2 atom stereocenters. The van der Waals surface area contributed by atoms with E-state index in [9.17, 15) is 0 Å². The summed E-state index contributed by atoms with van der Waals surface area (Å²) in [5.41, 5.74) is 8.26. The fraction of sp³-hybridized carbons (Fsp3) is 0.400. The van der Waals surface area contributed by atoms with Gasteiger partial charge in [-0.3, -0.25) is 0 Å². The second kappa shape index (κ2) is 2.57. The summed E-state index contributed by atoms with van der Waals surface area (Å²) in [5, 5.41) is 4.73. The Hall–Kier alpha value is -0.440. The van der Waals surface area contributed by atoms with Crippen LogP contribution in [0.4, 0.5) is 5.69 Å². The number of hydrogen-bond donors (Lipinski definition) is 2. The molecule has 0 radical (unpaired) electrons. The van der Waals surface area contributed by atoms with Crippen molar-refractivity contribution in [2.24, 2.45) is 5.73 Å². The standard InChI is InChI=1S/C10H10Cl2N2/c11-5-1-6(12)9-7(2-5)14-4-10(9)3-8(10)13/h1-2,8,14H,3-4,13H2. The van der Waals surface area contributed by atoms with Crippen LogP contribution in [0.3, 0.4) is 0 Å². The van der Waals surface area contributed by atoms with Crippen LogP contribution in [0, 0.1) is 0 Å². The minimum Gasteiger partial charge on any atom is -0.384 e. The molecule has 2 nitrogen and oxygen atoms in total. The molecule has 14 heavy (non-hydrogen) atoms. The van der Waals surface area contributed by atoms with Gasteiger partial charge in [0.25, 0.3) is 0 Å². The molecular weight excluding hydrogens is 219 g/mol. The maximum Gasteiger partial charge on any atom is 0.0480 e. The Morgan fingerprint density at radius 3 is 2.79 bits per heavy atom. The van der Waals surface area contributed by atoms with Gasteiger partial charge in [0, 0.05) is 39.3 Å². The summed E-state index contributed by atoms with van der Waals surface area (Å²) in [6.07, 6.45) is 1.02. The van der Waals surface area contributed by atoms with Crippen LogP contribution in [0.5, 0.6) is 0 Å². The molecule has 0 bridgehead atoms. The third-order valence-electron chi connectivity index (χ3n) is 3.28. The summed E-state index contributed by atoms with van der Waals surface area (Å²) in [7, 11) is 0. The molecule has 3 N–H and O–H groups in total. The lowest BCUT2D eigenvalue weighted by Gasteiger charge is -2.09. The molecular formula is C10H10Cl2N2. The molecule has 1 saturated carbocycles. The summed E-state index contributed by atoms with van der Waals surface area (Å²) >= 11 is 12.1. The highest BCUT2D eigenvalue weighted by atomic mass is 35.5. The zero-order valence-corrected chi connectivity index (χ0v) is 8.99. The Kier molecular flexibility index (Phi) is 1.62. The topological polar surface area (TPSA) is 38.0 Å². The van der Waals surface area contributed by atoms with Crippen LogP contribution in [-0.2, 0) is 5.41 Å². The second-order valence-corrected chi connectivity index (χ2v) is 4.97. The molecule has 1 heterocycles. The van der Waals surface area contributed by atoms with Gasteiger partial charge in [0.2, 0.25) is 0 Å². The number of anilines is 1. The van der Waals surface area contributed by atoms with Crippen molar-refractivity contribution < 1.29 is 0 Å². The first-order chi connectivity index (χ1) is 6.63. The molecule has 0 aromatic heterocycles. The molecule has 3 rings (SSSR count). The van der Waals surface area contributed by atoms with Gasteiger partial charge in [-0.2, -0.15) is 0 Å². The number of rotatable bonds is 0. The largest absolute Gasteiger partial charge is 0.384 e. The van der Waals surface area contributed by atoms with E-state index in [1.54, 1.807) is 6.07 Å². The van der Waals surface area contributed by atoms with Gasteiger partial charge in [-0.25, -0.2) is 0 Å². The molecule has 2 aliphatic rings. The first kappa shape index (κ1) is 8.84. The van der Waals surface area contributed by atoms with Crippen molar-refractivity contribution in [3.63, 3.8) is 0 Å². The smallest absolute Gasteiger partial charge is 0.0480 e. The van der Waals surface area contributed by atoms with Gasteiger partial charge in [0.1, 0.15) is 0 Å². The number of fused-ring (bicyclic) bond motifs is 2. The summed E-state index contributed by atoms with van der Waals surface area (Å²) in [4.78, 5) is 0. The highest BCUT2D eigenvalue weighted by Gasteiger charge is 2.57. The Balaban J connectivity index is 2.20. The molecule has 0 amide bonds. The lowest BCUT2D eigenvalue weighted by Crippen LogP contribution is -2.20. The SMILES string of the molecule is NC1CC12CNc1cc(Cl)cc(Cl)c12. The Morgan fingerprint density at radius 2 is 2.14 bits per heavy atom. The van der Waals surface area contributed by atoms with E-state index < -0.39 is 0 Å². The van der Waals surface area contributed by atoms with E-state index in [1.165, 1.54) is 0 Å². The van der Waals surface area contributed by atoms with Gasteiger partial charge in [-0.05, 0) is 18.6 Å². The number of nitrogens with two attached hydrogens (primary N) is 1. The van der Waals surface area contributed by atoms with Crippen LogP contribution in [0.15, 0.2) is 12.1 Å². The molecule has 2 unspecified atom stereocenters. The highest BCUT2D eigenvalue weighted by molar-refractivity contribution is 6.36. The molecule has 1 fully saturated rings. The van der Waals surface area contributed by atoms with Gasteiger partial charge in [0.05, 0.1) is 0 Å². The molecule has 0 saturated heterocycles. The van der Waals surface area contributed by atoms with E-state index in [0.717, 1.165) is 29.2 Å². The summed E-state index contributed by atoms with van der Waals surface area (Å²) in [6.45, 7) is 0.892. The zero-order chi connectivity index (χ0) is 9.92. The van der Waals surface area contributed by atoms with Crippen LogP contribution >= 0.6 is 23.2 Å². The predicted molar refractivity (Wildman–Crippen MR) is 59.2 cm³/mol. The van der Waals surface area contributed by atoms with Gasteiger partial charge in [0.15, 0.2) is 0 Å². The van der Waals surface area contributed by atoms with Crippen molar-refractivity contribution in [1.82, 2.24) is 0 Å². The Bertz CT molecular complexity index is 419. The van der Waals surface area contributed by atoms with Crippen molar-refractivity contribution in [2.75, 3.05) is 11.9 Å². The maximum atomic E-state index is 6.18. The van der Waals surface area contributed by atoms with Crippen LogP contribution in [0.1, 0.15) is 12.0 Å². The third-order valence-corrected chi connectivity index (χ3v) is 3.80. The molecule has 1 aromatic rings.